The largest absolute Gasteiger partial charge is 0.492 e. The lowest BCUT2D eigenvalue weighted by molar-refractivity contribution is -0.149. The Balaban J connectivity index is 1.64. The molecule has 0 bridgehead atoms. The lowest BCUT2D eigenvalue weighted by Crippen LogP contribution is -2.43. The molecule has 0 radical (unpaired) electrons. The number of nitrogens with zero attached hydrogens (tertiary/aromatic N) is 3. The second kappa shape index (κ2) is 9.86. The third-order valence-corrected chi connectivity index (χ3v) is 4.73. The first-order valence-electron chi connectivity index (χ1n) is 9.80. The predicted molar refractivity (Wildman–Crippen MR) is 106 cm³/mol. The van der Waals surface area contributed by atoms with Gasteiger partial charge in [-0.2, -0.15) is 5.10 Å². The number of para-hydroxylation sites is 1. The molecule has 1 atom stereocenters. The van der Waals surface area contributed by atoms with Gasteiger partial charge in [0, 0.05) is 19.2 Å². The zero-order chi connectivity index (χ0) is 20.6. The Hall–Kier alpha value is -3.16. The average Bonchev–Trinajstić information content (AvgIpc) is 2.75. The smallest absolute Gasteiger partial charge is 0.310 e. The van der Waals surface area contributed by atoms with Gasteiger partial charge in [-0.3, -0.25) is 14.4 Å². The van der Waals surface area contributed by atoms with Gasteiger partial charge in [-0.25, -0.2) is 4.68 Å². The number of hydrogen-bond acceptors (Lipinski definition) is 6. The van der Waals surface area contributed by atoms with Gasteiger partial charge in [-0.05, 0) is 38.0 Å². The second-order valence-corrected chi connectivity index (χ2v) is 6.78. The van der Waals surface area contributed by atoms with Crippen LogP contribution in [0.4, 0.5) is 0 Å². The van der Waals surface area contributed by atoms with Gasteiger partial charge >= 0.3 is 5.97 Å². The van der Waals surface area contributed by atoms with E-state index in [0.29, 0.717) is 31.9 Å². The van der Waals surface area contributed by atoms with E-state index < -0.39 is 0 Å². The van der Waals surface area contributed by atoms with Crippen LogP contribution in [0.1, 0.15) is 30.3 Å². The van der Waals surface area contributed by atoms with Crippen molar-refractivity contribution in [3.05, 3.63) is 58.5 Å². The van der Waals surface area contributed by atoms with E-state index in [1.54, 1.807) is 11.8 Å². The molecule has 1 aliphatic heterocycles. The summed E-state index contributed by atoms with van der Waals surface area (Å²) in [5.74, 6) is -0.193. The van der Waals surface area contributed by atoms with Crippen LogP contribution in [-0.4, -0.2) is 52.9 Å². The molecule has 1 aromatic heterocycles. The molecule has 2 aromatic rings. The molecule has 1 amide bonds. The van der Waals surface area contributed by atoms with Gasteiger partial charge in [0.2, 0.25) is 0 Å². The Morgan fingerprint density at radius 3 is 2.72 bits per heavy atom. The summed E-state index contributed by atoms with van der Waals surface area (Å²) < 4.78 is 11.9. The molecule has 1 unspecified atom stereocenters. The standard InChI is InChI=1S/C21H25N3O5/c1-2-28-21(27)16-7-6-12-23(15-16)20(26)18-10-11-19(25)24(22-18)13-14-29-17-8-4-3-5-9-17/h3-5,8-11,16H,2,6-7,12-15H2,1H3. The highest BCUT2D eigenvalue weighted by molar-refractivity contribution is 5.92. The maximum Gasteiger partial charge on any atom is 0.310 e. The quantitative estimate of drug-likeness (QED) is 0.659. The van der Waals surface area contributed by atoms with Crippen molar-refractivity contribution in [2.45, 2.75) is 26.3 Å². The highest BCUT2D eigenvalue weighted by atomic mass is 16.5. The zero-order valence-electron chi connectivity index (χ0n) is 16.5. The minimum atomic E-state index is -0.321. The van der Waals surface area contributed by atoms with Gasteiger partial charge < -0.3 is 14.4 Å². The Bertz CT molecular complexity index is 897. The molecule has 0 aliphatic carbocycles. The van der Waals surface area contributed by atoms with Crippen molar-refractivity contribution in [1.82, 2.24) is 14.7 Å². The fourth-order valence-corrected chi connectivity index (χ4v) is 3.27. The number of likely N-dealkylation sites (tertiary alicyclic amines) is 1. The normalized spacial score (nSPS) is 16.3. The van der Waals surface area contributed by atoms with Crippen LogP contribution in [0.25, 0.3) is 0 Å². The average molecular weight is 399 g/mol. The van der Waals surface area contributed by atoms with Crippen LogP contribution in [0.3, 0.4) is 0 Å². The van der Waals surface area contributed by atoms with Gasteiger partial charge in [0.05, 0.1) is 19.1 Å². The molecule has 8 heteroatoms. The summed E-state index contributed by atoms with van der Waals surface area (Å²) in [4.78, 5) is 38.5. The summed E-state index contributed by atoms with van der Waals surface area (Å²) in [6, 6.07) is 12.0. The number of rotatable bonds is 7. The van der Waals surface area contributed by atoms with Crippen molar-refractivity contribution in [3.8, 4) is 5.75 Å². The highest BCUT2D eigenvalue weighted by Crippen LogP contribution is 2.19. The SMILES string of the molecule is CCOC(=O)C1CCCN(C(=O)c2ccc(=O)n(CCOc3ccccc3)n2)C1. The van der Waals surface area contributed by atoms with Crippen molar-refractivity contribution in [1.29, 1.82) is 0 Å². The van der Waals surface area contributed by atoms with Crippen molar-refractivity contribution in [3.63, 3.8) is 0 Å². The first-order chi connectivity index (χ1) is 14.1. The Kier molecular flexibility index (Phi) is 6.99. The van der Waals surface area contributed by atoms with Crippen LogP contribution < -0.4 is 10.3 Å². The summed E-state index contributed by atoms with van der Waals surface area (Å²) in [7, 11) is 0. The fourth-order valence-electron chi connectivity index (χ4n) is 3.27. The highest BCUT2D eigenvalue weighted by Gasteiger charge is 2.30. The van der Waals surface area contributed by atoms with E-state index in [-0.39, 0.29) is 42.2 Å². The molecule has 154 valence electrons. The first-order valence-corrected chi connectivity index (χ1v) is 9.80. The van der Waals surface area contributed by atoms with E-state index >= 15 is 0 Å². The summed E-state index contributed by atoms with van der Waals surface area (Å²) in [5, 5.41) is 4.20. The molecular weight excluding hydrogens is 374 g/mol. The number of carbonyl (C=O) groups excluding carboxylic acids is 2. The van der Waals surface area contributed by atoms with Crippen LogP contribution in [0.5, 0.6) is 5.75 Å². The van der Waals surface area contributed by atoms with Crippen LogP contribution >= 0.6 is 0 Å². The zero-order valence-corrected chi connectivity index (χ0v) is 16.5. The van der Waals surface area contributed by atoms with E-state index in [1.807, 2.05) is 30.3 Å². The van der Waals surface area contributed by atoms with Gasteiger partial charge in [0.25, 0.3) is 11.5 Å². The van der Waals surface area contributed by atoms with E-state index in [2.05, 4.69) is 5.10 Å². The van der Waals surface area contributed by atoms with Gasteiger partial charge in [-0.15, -0.1) is 0 Å². The Labute approximate surface area is 169 Å². The minimum Gasteiger partial charge on any atom is -0.492 e. The van der Waals surface area contributed by atoms with Crippen LogP contribution in [0.15, 0.2) is 47.3 Å². The predicted octanol–water partition coefficient (Wildman–Crippen LogP) is 1.74. The van der Waals surface area contributed by atoms with Crippen molar-refractivity contribution in [2.24, 2.45) is 5.92 Å². The molecule has 8 nitrogen and oxygen atoms in total. The van der Waals surface area contributed by atoms with E-state index in [0.717, 1.165) is 6.42 Å². The number of esters is 1. The van der Waals surface area contributed by atoms with Crippen molar-refractivity contribution in [2.75, 3.05) is 26.3 Å². The lowest BCUT2D eigenvalue weighted by Gasteiger charge is -2.31. The Morgan fingerprint density at radius 2 is 1.97 bits per heavy atom. The first kappa shape index (κ1) is 20.6. The molecule has 0 saturated carbocycles. The third-order valence-electron chi connectivity index (χ3n) is 4.73. The van der Waals surface area contributed by atoms with Crippen molar-refractivity contribution >= 4 is 11.9 Å². The van der Waals surface area contributed by atoms with Crippen LogP contribution in [0, 0.1) is 5.92 Å². The molecule has 29 heavy (non-hydrogen) atoms. The van der Waals surface area contributed by atoms with E-state index in [9.17, 15) is 14.4 Å². The number of aromatic nitrogens is 2. The molecule has 2 heterocycles. The number of piperidine rings is 1. The summed E-state index contributed by atoms with van der Waals surface area (Å²) in [6.07, 6.45) is 1.42. The molecule has 0 spiro atoms. The van der Waals surface area contributed by atoms with Crippen molar-refractivity contribution < 1.29 is 19.1 Å². The summed E-state index contributed by atoms with van der Waals surface area (Å²) in [6.45, 7) is 3.41. The maximum atomic E-state index is 12.8. The molecule has 1 fully saturated rings. The molecular formula is C21H25N3O5. The number of ether oxygens (including phenoxy) is 2. The number of carbonyl (C=O) groups is 2. The summed E-state index contributed by atoms with van der Waals surface area (Å²) >= 11 is 0. The number of hydrogen-bond donors (Lipinski definition) is 0. The molecule has 0 N–H and O–H groups in total. The lowest BCUT2D eigenvalue weighted by atomic mass is 9.98. The van der Waals surface area contributed by atoms with Crippen LogP contribution in [-0.2, 0) is 16.1 Å². The Morgan fingerprint density at radius 1 is 1.17 bits per heavy atom. The molecule has 1 aliphatic rings. The number of amides is 1. The minimum absolute atomic E-state index is 0.175. The summed E-state index contributed by atoms with van der Waals surface area (Å²) in [5.41, 5.74) is -0.130. The van der Waals surface area contributed by atoms with Crippen LogP contribution in [0.2, 0.25) is 0 Å². The second-order valence-electron chi connectivity index (χ2n) is 6.78. The monoisotopic (exact) mass is 399 g/mol. The van der Waals surface area contributed by atoms with Gasteiger partial charge in [0.1, 0.15) is 18.1 Å². The van der Waals surface area contributed by atoms with Gasteiger partial charge in [0.15, 0.2) is 0 Å². The third kappa shape index (κ3) is 5.43. The topological polar surface area (TPSA) is 90.7 Å². The van der Waals surface area contributed by atoms with E-state index in [4.69, 9.17) is 9.47 Å². The maximum absolute atomic E-state index is 12.8. The number of benzene rings is 1. The fraction of sp³-hybridized carbons (Fsp3) is 0.429. The van der Waals surface area contributed by atoms with Gasteiger partial charge in [-0.1, -0.05) is 18.2 Å². The van der Waals surface area contributed by atoms with E-state index in [1.165, 1.54) is 16.8 Å². The molecule has 1 aromatic carbocycles. The molecule has 1 saturated heterocycles. The molecule has 3 rings (SSSR count).